The molecule has 0 spiro atoms. The Bertz CT molecular complexity index is 680. The summed E-state index contributed by atoms with van der Waals surface area (Å²) in [5.41, 5.74) is 3.43. The Morgan fingerprint density at radius 1 is 1.38 bits per heavy atom. The monoisotopic (exact) mass is 306 g/mol. The number of nitrogens with one attached hydrogen (secondary N) is 2. The van der Waals surface area contributed by atoms with Crippen molar-refractivity contribution in [3.63, 3.8) is 0 Å². The van der Waals surface area contributed by atoms with Crippen LogP contribution in [-0.4, -0.2) is 22.5 Å². The lowest BCUT2D eigenvalue weighted by atomic mass is 10.2. The maximum atomic E-state index is 11.2. The van der Waals surface area contributed by atoms with Gasteiger partial charge in [-0.2, -0.15) is 10.2 Å². The summed E-state index contributed by atoms with van der Waals surface area (Å²) in [7, 11) is 0. The first-order chi connectivity index (χ1) is 10.1. The zero-order valence-corrected chi connectivity index (χ0v) is 12.4. The van der Waals surface area contributed by atoms with Crippen LogP contribution in [0.25, 0.3) is 0 Å². The van der Waals surface area contributed by atoms with E-state index in [1.54, 1.807) is 6.21 Å². The average molecular weight is 307 g/mol. The zero-order valence-electron chi connectivity index (χ0n) is 11.6. The van der Waals surface area contributed by atoms with Crippen LogP contribution in [0.5, 0.6) is 5.75 Å². The standard InChI is InChI=1S/C14H15ClN4O2/c1-9(2)21-11-5-3-10(4-6-11)7-16-18-12-8-17-19-14(20)13(12)15/h3-9H,1-2H3,(H2,18,19,20)/b16-7-. The number of aromatic nitrogens is 2. The molecule has 2 rings (SSSR count). The summed E-state index contributed by atoms with van der Waals surface area (Å²) in [4.78, 5) is 11.2. The maximum Gasteiger partial charge on any atom is 0.285 e. The number of H-pyrrole nitrogens is 1. The van der Waals surface area contributed by atoms with E-state index in [2.05, 4.69) is 20.7 Å². The SMILES string of the molecule is CC(C)Oc1ccc(/C=N\Nc2cn[nH]c(=O)c2Cl)cc1. The third-order valence-electron chi connectivity index (χ3n) is 2.45. The molecule has 0 aliphatic rings. The van der Waals surface area contributed by atoms with E-state index in [4.69, 9.17) is 16.3 Å². The minimum Gasteiger partial charge on any atom is -0.491 e. The van der Waals surface area contributed by atoms with Crippen LogP contribution in [0.3, 0.4) is 0 Å². The second kappa shape index (κ2) is 6.90. The predicted octanol–water partition coefficient (Wildman–Crippen LogP) is 2.66. The van der Waals surface area contributed by atoms with Gasteiger partial charge in [0.25, 0.3) is 5.56 Å². The summed E-state index contributed by atoms with van der Waals surface area (Å²) in [6.45, 7) is 3.94. The summed E-state index contributed by atoms with van der Waals surface area (Å²) in [6, 6.07) is 7.48. The highest BCUT2D eigenvalue weighted by molar-refractivity contribution is 6.32. The molecule has 2 aromatic rings. The zero-order chi connectivity index (χ0) is 15.2. The van der Waals surface area contributed by atoms with Crippen molar-refractivity contribution < 1.29 is 4.74 Å². The Morgan fingerprint density at radius 2 is 2.10 bits per heavy atom. The number of hydrazone groups is 1. The van der Waals surface area contributed by atoms with E-state index in [1.807, 2.05) is 38.1 Å². The van der Waals surface area contributed by atoms with Crippen LogP contribution in [0.1, 0.15) is 19.4 Å². The number of hydrogen-bond acceptors (Lipinski definition) is 5. The van der Waals surface area contributed by atoms with Gasteiger partial charge < -0.3 is 4.74 Å². The summed E-state index contributed by atoms with van der Waals surface area (Å²) < 4.78 is 5.55. The third-order valence-corrected chi connectivity index (χ3v) is 2.82. The molecule has 7 heteroatoms. The number of rotatable bonds is 5. The molecule has 1 heterocycles. The molecule has 0 aliphatic heterocycles. The van der Waals surface area contributed by atoms with Crippen molar-refractivity contribution in [1.82, 2.24) is 10.2 Å². The minimum atomic E-state index is -0.466. The van der Waals surface area contributed by atoms with Gasteiger partial charge in [0.1, 0.15) is 16.5 Å². The number of nitrogens with zero attached hydrogens (tertiary/aromatic N) is 2. The lowest BCUT2D eigenvalue weighted by Crippen LogP contribution is -2.10. The van der Waals surface area contributed by atoms with Crippen molar-refractivity contribution in [2.24, 2.45) is 5.10 Å². The molecule has 6 nitrogen and oxygen atoms in total. The second-order valence-electron chi connectivity index (χ2n) is 4.53. The molecule has 21 heavy (non-hydrogen) atoms. The van der Waals surface area contributed by atoms with Gasteiger partial charge in [-0.05, 0) is 43.7 Å². The van der Waals surface area contributed by atoms with Gasteiger partial charge in [0.2, 0.25) is 0 Å². The summed E-state index contributed by atoms with van der Waals surface area (Å²) in [5, 5.41) is 9.89. The van der Waals surface area contributed by atoms with Crippen molar-refractivity contribution in [1.29, 1.82) is 0 Å². The Kier molecular flexibility index (Phi) is 4.94. The van der Waals surface area contributed by atoms with Crippen LogP contribution < -0.4 is 15.7 Å². The molecular weight excluding hydrogens is 292 g/mol. The number of ether oxygens (including phenoxy) is 1. The van der Waals surface area contributed by atoms with Gasteiger partial charge in [-0.15, -0.1) is 0 Å². The largest absolute Gasteiger partial charge is 0.491 e. The van der Waals surface area contributed by atoms with Gasteiger partial charge in [-0.25, -0.2) is 5.10 Å². The highest BCUT2D eigenvalue weighted by Crippen LogP contribution is 2.15. The van der Waals surface area contributed by atoms with Crippen molar-refractivity contribution in [3.8, 4) is 5.75 Å². The van der Waals surface area contributed by atoms with Crippen molar-refractivity contribution in [3.05, 3.63) is 51.4 Å². The maximum absolute atomic E-state index is 11.2. The fourth-order valence-corrected chi connectivity index (χ4v) is 1.68. The Balaban J connectivity index is 2.01. The van der Waals surface area contributed by atoms with E-state index >= 15 is 0 Å². The molecule has 0 radical (unpaired) electrons. The number of halogens is 1. The van der Waals surface area contributed by atoms with Gasteiger partial charge in [0.05, 0.1) is 18.5 Å². The fraction of sp³-hybridized carbons (Fsp3) is 0.214. The highest BCUT2D eigenvalue weighted by atomic mass is 35.5. The highest BCUT2D eigenvalue weighted by Gasteiger charge is 2.02. The molecule has 1 aromatic heterocycles. The average Bonchev–Trinajstić information content (AvgIpc) is 2.45. The van der Waals surface area contributed by atoms with Gasteiger partial charge in [-0.3, -0.25) is 10.2 Å². The predicted molar refractivity (Wildman–Crippen MR) is 83.3 cm³/mol. The van der Waals surface area contributed by atoms with Crippen LogP contribution in [0.15, 0.2) is 40.4 Å². The third kappa shape index (κ3) is 4.32. The van der Waals surface area contributed by atoms with Crippen LogP contribution >= 0.6 is 11.6 Å². The normalized spacial score (nSPS) is 11.0. The van der Waals surface area contributed by atoms with Crippen LogP contribution in [0.2, 0.25) is 5.02 Å². The molecule has 0 amide bonds. The van der Waals surface area contributed by atoms with Gasteiger partial charge in [0.15, 0.2) is 0 Å². The minimum absolute atomic E-state index is 0.0165. The van der Waals surface area contributed by atoms with Crippen molar-refractivity contribution in [2.75, 3.05) is 5.43 Å². The number of aromatic amines is 1. The molecule has 1 aromatic carbocycles. The quantitative estimate of drug-likeness (QED) is 0.657. The van der Waals surface area contributed by atoms with E-state index in [0.29, 0.717) is 5.69 Å². The topological polar surface area (TPSA) is 79.4 Å². The van der Waals surface area contributed by atoms with Crippen LogP contribution in [0.4, 0.5) is 5.69 Å². The Morgan fingerprint density at radius 3 is 2.76 bits per heavy atom. The summed E-state index contributed by atoms with van der Waals surface area (Å²) in [5.74, 6) is 0.803. The first kappa shape index (κ1) is 15.1. The van der Waals surface area contributed by atoms with Crippen molar-refractivity contribution in [2.45, 2.75) is 20.0 Å². The first-order valence-corrected chi connectivity index (χ1v) is 6.73. The molecule has 0 saturated heterocycles. The number of benzene rings is 1. The Hall–Kier alpha value is -2.34. The van der Waals surface area contributed by atoms with Gasteiger partial charge in [0, 0.05) is 0 Å². The van der Waals surface area contributed by atoms with Crippen LogP contribution in [0, 0.1) is 0 Å². The van der Waals surface area contributed by atoms with E-state index in [1.165, 1.54) is 6.20 Å². The van der Waals surface area contributed by atoms with Crippen LogP contribution in [-0.2, 0) is 0 Å². The van der Waals surface area contributed by atoms with E-state index in [0.717, 1.165) is 11.3 Å². The lowest BCUT2D eigenvalue weighted by molar-refractivity contribution is 0.242. The smallest absolute Gasteiger partial charge is 0.285 e. The van der Waals surface area contributed by atoms with Gasteiger partial charge >= 0.3 is 0 Å². The molecule has 0 atom stereocenters. The lowest BCUT2D eigenvalue weighted by Gasteiger charge is -2.09. The van der Waals surface area contributed by atoms with Gasteiger partial charge in [-0.1, -0.05) is 11.6 Å². The summed E-state index contributed by atoms with van der Waals surface area (Å²) >= 11 is 5.81. The second-order valence-corrected chi connectivity index (χ2v) is 4.91. The van der Waals surface area contributed by atoms with E-state index < -0.39 is 5.56 Å². The molecule has 0 saturated carbocycles. The van der Waals surface area contributed by atoms with E-state index in [-0.39, 0.29) is 11.1 Å². The molecule has 0 bridgehead atoms. The summed E-state index contributed by atoms with van der Waals surface area (Å²) in [6.07, 6.45) is 3.13. The first-order valence-electron chi connectivity index (χ1n) is 6.35. The Labute approximate surface area is 126 Å². The van der Waals surface area contributed by atoms with Crippen molar-refractivity contribution >= 4 is 23.5 Å². The molecule has 0 unspecified atom stereocenters. The molecule has 0 fully saturated rings. The number of anilines is 1. The fourth-order valence-electron chi connectivity index (χ4n) is 1.54. The van der Waals surface area contributed by atoms with E-state index in [9.17, 15) is 4.79 Å². The molecule has 0 aliphatic carbocycles. The number of hydrogen-bond donors (Lipinski definition) is 2. The molecule has 2 N–H and O–H groups in total. The molecular formula is C14H15ClN4O2. The molecule has 110 valence electrons.